The molecule has 0 atom stereocenters. The van der Waals surface area contributed by atoms with Gasteiger partial charge in [-0.3, -0.25) is 0 Å². The zero-order chi connectivity index (χ0) is 14.1. The molecule has 1 aromatic rings. The average Bonchev–Trinajstić information content (AvgIpc) is 2.40. The maximum absolute atomic E-state index is 5.89. The summed E-state index contributed by atoms with van der Waals surface area (Å²) in [4.78, 5) is 2.25. The van der Waals surface area contributed by atoms with Crippen molar-refractivity contribution in [3.63, 3.8) is 0 Å². The summed E-state index contributed by atoms with van der Waals surface area (Å²) in [5, 5.41) is 3.46. The van der Waals surface area contributed by atoms with Gasteiger partial charge in [0.05, 0.1) is 0 Å². The second-order valence-corrected chi connectivity index (χ2v) is 5.38. The molecule has 0 aliphatic heterocycles. The Morgan fingerprint density at radius 3 is 2.68 bits per heavy atom. The largest absolute Gasteiger partial charge is 0.492 e. The first kappa shape index (κ1) is 16.0. The van der Waals surface area contributed by atoms with Gasteiger partial charge in [0.1, 0.15) is 12.4 Å². The highest BCUT2D eigenvalue weighted by Crippen LogP contribution is 2.17. The summed E-state index contributed by atoms with van der Waals surface area (Å²) in [6, 6.07) is 8.28. The minimum absolute atomic E-state index is 0.672. The maximum atomic E-state index is 5.89. The third-order valence-electron chi connectivity index (χ3n) is 3.11. The van der Waals surface area contributed by atoms with Crippen LogP contribution in [0.5, 0.6) is 5.75 Å². The van der Waals surface area contributed by atoms with E-state index in [2.05, 4.69) is 56.2 Å². The Morgan fingerprint density at radius 1 is 1.26 bits per heavy atom. The fourth-order valence-electron chi connectivity index (χ4n) is 1.76. The lowest BCUT2D eigenvalue weighted by Crippen LogP contribution is -2.24. The Labute approximate surface area is 118 Å². The van der Waals surface area contributed by atoms with Crippen LogP contribution in [0.1, 0.15) is 26.3 Å². The Hall–Kier alpha value is -1.06. The van der Waals surface area contributed by atoms with Crippen LogP contribution >= 0.6 is 0 Å². The maximum Gasteiger partial charge on any atom is 0.123 e. The van der Waals surface area contributed by atoms with E-state index in [0.29, 0.717) is 5.92 Å². The van der Waals surface area contributed by atoms with Crippen molar-refractivity contribution in [2.24, 2.45) is 5.92 Å². The first-order valence-electron chi connectivity index (χ1n) is 7.23. The van der Waals surface area contributed by atoms with Gasteiger partial charge in [-0.1, -0.05) is 39.0 Å². The lowest BCUT2D eigenvalue weighted by Gasteiger charge is -2.16. The third-order valence-corrected chi connectivity index (χ3v) is 3.11. The number of hydrogen-bond acceptors (Lipinski definition) is 3. The Bertz CT molecular complexity index is 352. The van der Waals surface area contributed by atoms with Crippen LogP contribution in [-0.4, -0.2) is 38.2 Å². The monoisotopic (exact) mass is 264 g/mol. The average molecular weight is 264 g/mol. The molecular weight excluding hydrogens is 236 g/mol. The van der Waals surface area contributed by atoms with Crippen LogP contribution in [0.2, 0.25) is 0 Å². The second kappa shape index (κ2) is 8.94. The van der Waals surface area contributed by atoms with E-state index >= 15 is 0 Å². The van der Waals surface area contributed by atoms with Crippen molar-refractivity contribution in [3.8, 4) is 5.75 Å². The summed E-state index contributed by atoms with van der Waals surface area (Å²) in [7, 11) is 2.11. The van der Waals surface area contributed by atoms with E-state index in [4.69, 9.17) is 4.74 Å². The third kappa shape index (κ3) is 6.60. The van der Waals surface area contributed by atoms with Gasteiger partial charge in [-0.25, -0.2) is 0 Å². The van der Waals surface area contributed by atoms with E-state index in [0.717, 1.165) is 38.5 Å². The minimum atomic E-state index is 0.672. The zero-order valence-electron chi connectivity index (χ0n) is 12.8. The fourth-order valence-corrected chi connectivity index (χ4v) is 1.76. The molecule has 19 heavy (non-hydrogen) atoms. The van der Waals surface area contributed by atoms with E-state index in [1.807, 2.05) is 6.07 Å². The standard InChI is InChI=1S/C16H28N2O/c1-5-18(4)10-11-19-16-9-7-6-8-15(16)13-17-12-14(2)3/h6-9,14,17H,5,10-13H2,1-4H3. The summed E-state index contributed by atoms with van der Waals surface area (Å²) in [6.45, 7) is 11.3. The van der Waals surface area contributed by atoms with Gasteiger partial charge in [0.25, 0.3) is 0 Å². The molecule has 0 aliphatic rings. The van der Waals surface area contributed by atoms with Crippen LogP contribution in [0, 0.1) is 5.92 Å². The van der Waals surface area contributed by atoms with Crippen molar-refractivity contribution in [2.75, 3.05) is 33.3 Å². The molecule has 1 aromatic carbocycles. The predicted molar refractivity (Wildman–Crippen MR) is 81.7 cm³/mol. The van der Waals surface area contributed by atoms with E-state index in [9.17, 15) is 0 Å². The van der Waals surface area contributed by atoms with Gasteiger partial charge >= 0.3 is 0 Å². The number of ether oxygens (including phenoxy) is 1. The van der Waals surface area contributed by atoms with Gasteiger partial charge in [0.15, 0.2) is 0 Å². The molecule has 0 amide bonds. The molecule has 0 bridgehead atoms. The van der Waals surface area contributed by atoms with E-state index in [1.165, 1.54) is 5.56 Å². The molecule has 0 spiro atoms. The summed E-state index contributed by atoms with van der Waals surface area (Å²) in [6.07, 6.45) is 0. The number of benzene rings is 1. The van der Waals surface area contributed by atoms with Crippen LogP contribution in [0.3, 0.4) is 0 Å². The van der Waals surface area contributed by atoms with Crippen molar-refractivity contribution in [1.82, 2.24) is 10.2 Å². The van der Waals surface area contributed by atoms with Gasteiger partial charge in [-0.15, -0.1) is 0 Å². The van der Waals surface area contributed by atoms with E-state index in [-0.39, 0.29) is 0 Å². The number of para-hydroxylation sites is 1. The molecular formula is C16H28N2O. The van der Waals surface area contributed by atoms with Crippen molar-refractivity contribution >= 4 is 0 Å². The van der Waals surface area contributed by atoms with Crippen LogP contribution in [0.15, 0.2) is 24.3 Å². The molecule has 3 nitrogen and oxygen atoms in total. The van der Waals surface area contributed by atoms with Gasteiger partial charge in [-0.2, -0.15) is 0 Å². The second-order valence-electron chi connectivity index (χ2n) is 5.38. The molecule has 0 radical (unpaired) electrons. The van der Waals surface area contributed by atoms with Gasteiger partial charge in [0, 0.05) is 18.7 Å². The molecule has 0 unspecified atom stereocenters. The van der Waals surface area contributed by atoms with Crippen molar-refractivity contribution < 1.29 is 4.74 Å². The Morgan fingerprint density at radius 2 is 2.00 bits per heavy atom. The highest BCUT2D eigenvalue weighted by Gasteiger charge is 2.03. The fraction of sp³-hybridized carbons (Fsp3) is 0.625. The molecule has 0 saturated carbocycles. The molecule has 0 aromatic heterocycles. The predicted octanol–water partition coefficient (Wildman–Crippen LogP) is 2.76. The molecule has 0 fully saturated rings. The number of nitrogens with one attached hydrogen (secondary N) is 1. The van der Waals surface area contributed by atoms with E-state index in [1.54, 1.807) is 0 Å². The van der Waals surface area contributed by atoms with Crippen LogP contribution in [0.25, 0.3) is 0 Å². The Balaban J connectivity index is 2.43. The molecule has 1 rings (SSSR count). The number of nitrogens with zero attached hydrogens (tertiary/aromatic N) is 1. The quantitative estimate of drug-likeness (QED) is 0.742. The SMILES string of the molecule is CCN(C)CCOc1ccccc1CNCC(C)C. The van der Waals surface area contributed by atoms with Crippen molar-refractivity contribution in [2.45, 2.75) is 27.3 Å². The van der Waals surface area contributed by atoms with Crippen molar-refractivity contribution in [1.29, 1.82) is 0 Å². The summed E-state index contributed by atoms with van der Waals surface area (Å²) < 4.78 is 5.89. The Kier molecular flexibility index (Phi) is 7.53. The normalized spacial score (nSPS) is 11.3. The lowest BCUT2D eigenvalue weighted by molar-refractivity contribution is 0.242. The minimum Gasteiger partial charge on any atom is -0.492 e. The van der Waals surface area contributed by atoms with E-state index < -0.39 is 0 Å². The van der Waals surface area contributed by atoms with Gasteiger partial charge in [-0.05, 0) is 32.1 Å². The smallest absolute Gasteiger partial charge is 0.123 e. The lowest BCUT2D eigenvalue weighted by atomic mass is 10.2. The first-order valence-corrected chi connectivity index (χ1v) is 7.23. The molecule has 3 heteroatoms. The molecule has 0 aliphatic carbocycles. The number of hydrogen-bond donors (Lipinski definition) is 1. The van der Waals surface area contributed by atoms with Crippen LogP contribution < -0.4 is 10.1 Å². The highest BCUT2D eigenvalue weighted by atomic mass is 16.5. The highest BCUT2D eigenvalue weighted by molar-refractivity contribution is 5.33. The van der Waals surface area contributed by atoms with Gasteiger partial charge < -0.3 is 15.0 Å². The first-order chi connectivity index (χ1) is 9.13. The number of likely N-dealkylation sites (N-methyl/N-ethyl adjacent to an activating group) is 1. The topological polar surface area (TPSA) is 24.5 Å². The number of rotatable bonds is 9. The molecule has 0 saturated heterocycles. The zero-order valence-corrected chi connectivity index (χ0v) is 12.8. The van der Waals surface area contributed by atoms with Crippen LogP contribution in [0.4, 0.5) is 0 Å². The van der Waals surface area contributed by atoms with Gasteiger partial charge in [0.2, 0.25) is 0 Å². The summed E-state index contributed by atoms with van der Waals surface area (Å²) >= 11 is 0. The summed E-state index contributed by atoms with van der Waals surface area (Å²) in [5.74, 6) is 1.68. The summed E-state index contributed by atoms with van der Waals surface area (Å²) in [5.41, 5.74) is 1.24. The molecule has 1 N–H and O–H groups in total. The molecule has 0 heterocycles. The molecule has 108 valence electrons. The van der Waals surface area contributed by atoms with Crippen molar-refractivity contribution in [3.05, 3.63) is 29.8 Å². The van der Waals surface area contributed by atoms with Crippen LogP contribution in [-0.2, 0) is 6.54 Å².